The van der Waals surface area contributed by atoms with E-state index in [2.05, 4.69) is 83.3 Å². The lowest BCUT2D eigenvalue weighted by atomic mass is 9.77. The van der Waals surface area contributed by atoms with Gasteiger partial charge in [0.05, 0.1) is 11.6 Å². The zero-order valence-electron chi connectivity index (χ0n) is 14.6. The summed E-state index contributed by atoms with van der Waals surface area (Å²) in [6.45, 7) is 0. The van der Waals surface area contributed by atoms with Crippen LogP contribution in [0.5, 0.6) is 0 Å². The number of hydrogen-bond donors (Lipinski definition) is 2. The van der Waals surface area contributed by atoms with Crippen LogP contribution in [0.2, 0.25) is 0 Å². The average molecular weight is 343 g/mol. The van der Waals surface area contributed by atoms with Crippen molar-refractivity contribution in [3.05, 3.63) is 108 Å². The van der Waals surface area contributed by atoms with Crippen molar-refractivity contribution in [2.75, 3.05) is 0 Å². The summed E-state index contributed by atoms with van der Waals surface area (Å²) in [6.07, 6.45) is 0.739. The molecule has 1 saturated heterocycles. The van der Waals surface area contributed by atoms with E-state index in [1.54, 1.807) is 0 Å². The van der Waals surface area contributed by atoms with Crippen LogP contribution >= 0.6 is 0 Å². The molecular formula is C23H23N2O+. The second-order valence-corrected chi connectivity index (χ2v) is 6.83. The van der Waals surface area contributed by atoms with Crippen LogP contribution in [-0.2, 0) is 0 Å². The Morgan fingerprint density at radius 3 is 1.73 bits per heavy atom. The summed E-state index contributed by atoms with van der Waals surface area (Å²) in [5.74, 6) is 0.0589. The molecule has 3 atom stereocenters. The van der Waals surface area contributed by atoms with Gasteiger partial charge in [0.1, 0.15) is 12.1 Å². The third-order valence-corrected chi connectivity index (χ3v) is 5.29. The van der Waals surface area contributed by atoms with Gasteiger partial charge in [-0.1, -0.05) is 96.2 Å². The predicted molar refractivity (Wildman–Crippen MR) is 103 cm³/mol. The molecule has 0 amide bonds. The van der Waals surface area contributed by atoms with Crippen molar-refractivity contribution in [2.24, 2.45) is 5.16 Å². The molecular weight excluding hydrogens is 320 g/mol. The Morgan fingerprint density at radius 2 is 1.19 bits per heavy atom. The van der Waals surface area contributed by atoms with Crippen LogP contribution in [0.25, 0.3) is 0 Å². The first-order chi connectivity index (χ1) is 12.9. The fourth-order valence-electron chi connectivity index (χ4n) is 4.06. The molecule has 0 aliphatic carbocycles. The van der Waals surface area contributed by atoms with Crippen molar-refractivity contribution < 1.29 is 10.5 Å². The Balaban J connectivity index is 1.78. The molecule has 3 nitrogen and oxygen atoms in total. The lowest BCUT2D eigenvalue weighted by Crippen LogP contribution is -2.89. The number of rotatable bonds is 3. The molecule has 130 valence electrons. The van der Waals surface area contributed by atoms with Gasteiger partial charge in [0.15, 0.2) is 0 Å². The first-order valence-electron chi connectivity index (χ1n) is 9.07. The van der Waals surface area contributed by atoms with E-state index in [0.717, 1.165) is 12.1 Å². The zero-order chi connectivity index (χ0) is 17.8. The molecule has 0 unspecified atom stereocenters. The fourth-order valence-corrected chi connectivity index (χ4v) is 4.06. The molecule has 3 aromatic rings. The van der Waals surface area contributed by atoms with E-state index in [1.807, 2.05) is 18.2 Å². The summed E-state index contributed by atoms with van der Waals surface area (Å²) in [5, 5.41) is 16.0. The maximum absolute atomic E-state index is 9.83. The molecule has 0 spiro atoms. The van der Waals surface area contributed by atoms with Crippen LogP contribution in [0.1, 0.15) is 41.1 Å². The van der Waals surface area contributed by atoms with Gasteiger partial charge in [-0.2, -0.15) is 0 Å². The fraction of sp³-hybridized carbons (Fsp3) is 0.174. The Bertz CT molecular complexity index is 862. The van der Waals surface area contributed by atoms with Crippen molar-refractivity contribution in [1.82, 2.24) is 0 Å². The van der Waals surface area contributed by atoms with Crippen LogP contribution in [0.3, 0.4) is 0 Å². The van der Waals surface area contributed by atoms with Crippen LogP contribution in [0.15, 0.2) is 96.2 Å². The lowest BCUT2D eigenvalue weighted by Gasteiger charge is -2.35. The van der Waals surface area contributed by atoms with Crippen molar-refractivity contribution in [2.45, 2.75) is 24.4 Å². The number of nitrogens with two attached hydrogens (primary N) is 1. The van der Waals surface area contributed by atoms with Gasteiger partial charge in [0.2, 0.25) is 0 Å². The largest absolute Gasteiger partial charge is 0.411 e. The zero-order valence-corrected chi connectivity index (χ0v) is 14.6. The van der Waals surface area contributed by atoms with Crippen LogP contribution in [0, 0.1) is 0 Å². The minimum atomic E-state index is 0.0589. The monoisotopic (exact) mass is 343 g/mol. The first-order valence-corrected chi connectivity index (χ1v) is 9.07. The second-order valence-electron chi connectivity index (χ2n) is 6.83. The molecule has 1 aliphatic heterocycles. The average Bonchev–Trinajstić information content (AvgIpc) is 2.74. The van der Waals surface area contributed by atoms with Crippen LogP contribution in [0.4, 0.5) is 0 Å². The molecule has 1 fully saturated rings. The van der Waals surface area contributed by atoms with Gasteiger partial charge in [-0.3, -0.25) is 0 Å². The summed E-state index contributed by atoms with van der Waals surface area (Å²) in [4.78, 5) is 0. The van der Waals surface area contributed by atoms with Crippen molar-refractivity contribution in [1.29, 1.82) is 0 Å². The van der Waals surface area contributed by atoms with E-state index in [4.69, 9.17) is 0 Å². The minimum absolute atomic E-state index is 0.0589. The second kappa shape index (κ2) is 7.54. The summed E-state index contributed by atoms with van der Waals surface area (Å²) >= 11 is 0. The third kappa shape index (κ3) is 3.26. The normalized spacial score (nSPS) is 24.5. The highest BCUT2D eigenvalue weighted by Gasteiger charge is 2.41. The third-order valence-electron chi connectivity index (χ3n) is 5.29. The minimum Gasteiger partial charge on any atom is -0.411 e. The summed E-state index contributed by atoms with van der Waals surface area (Å²) in [7, 11) is 0. The first kappa shape index (κ1) is 16.6. The van der Waals surface area contributed by atoms with Crippen molar-refractivity contribution in [3.8, 4) is 0 Å². The summed E-state index contributed by atoms with van der Waals surface area (Å²) in [5.41, 5.74) is 4.56. The molecule has 3 heteroatoms. The Morgan fingerprint density at radius 1 is 0.692 bits per heavy atom. The molecule has 0 bridgehead atoms. The predicted octanol–water partition coefficient (Wildman–Crippen LogP) is 4.05. The smallest absolute Gasteiger partial charge is 0.124 e. The Labute approximate surface area is 154 Å². The molecule has 0 saturated carbocycles. The molecule has 3 aromatic carbocycles. The topological polar surface area (TPSA) is 49.2 Å². The quantitative estimate of drug-likeness (QED) is 0.547. The van der Waals surface area contributed by atoms with Gasteiger partial charge in [-0.25, -0.2) is 0 Å². The van der Waals surface area contributed by atoms with E-state index >= 15 is 0 Å². The maximum atomic E-state index is 9.83. The maximum Gasteiger partial charge on any atom is 0.124 e. The number of quaternary nitrogens is 1. The Kier molecular flexibility index (Phi) is 4.80. The molecule has 1 heterocycles. The summed E-state index contributed by atoms with van der Waals surface area (Å²) in [6, 6.07) is 31.8. The lowest BCUT2D eigenvalue weighted by molar-refractivity contribution is -0.738. The number of oxime groups is 1. The Hall–Kier alpha value is -2.91. The van der Waals surface area contributed by atoms with Gasteiger partial charge in [-0.05, 0) is 5.56 Å². The van der Waals surface area contributed by atoms with E-state index < -0.39 is 0 Å². The number of piperidine rings is 1. The number of hydrogen-bond acceptors (Lipinski definition) is 2. The molecule has 26 heavy (non-hydrogen) atoms. The van der Waals surface area contributed by atoms with E-state index in [1.165, 1.54) is 16.7 Å². The van der Waals surface area contributed by atoms with Gasteiger partial charge >= 0.3 is 0 Å². The number of benzene rings is 3. The van der Waals surface area contributed by atoms with Crippen LogP contribution < -0.4 is 5.32 Å². The van der Waals surface area contributed by atoms with Gasteiger partial charge < -0.3 is 10.5 Å². The standard InChI is InChI=1S/C23H22N2O/c26-25-21-16-20(17-10-4-1-5-11-17)24-23(19-14-8-3-9-15-19)22(21)18-12-6-2-7-13-18/h1-15,20,22-24,26H,16H2/p+1/t20-,22+,23-/m0/s1. The van der Waals surface area contributed by atoms with Crippen LogP contribution in [-0.4, -0.2) is 10.9 Å². The van der Waals surface area contributed by atoms with Crippen molar-refractivity contribution >= 4 is 5.71 Å². The van der Waals surface area contributed by atoms with E-state index in [9.17, 15) is 5.21 Å². The number of nitrogens with zero attached hydrogens (tertiary/aromatic N) is 1. The highest BCUT2D eigenvalue weighted by molar-refractivity contribution is 5.92. The van der Waals surface area contributed by atoms with Gasteiger partial charge in [-0.15, -0.1) is 0 Å². The van der Waals surface area contributed by atoms with Crippen molar-refractivity contribution in [3.63, 3.8) is 0 Å². The van der Waals surface area contributed by atoms with Gasteiger partial charge in [0.25, 0.3) is 0 Å². The molecule has 0 aromatic heterocycles. The SMILES string of the molecule is ON=C1C[C@@H](c2ccccc2)[NH2+][C@@H](c2ccccc2)[C@@H]1c1ccccc1. The highest BCUT2D eigenvalue weighted by atomic mass is 16.4. The molecule has 1 aliphatic rings. The van der Waals surface area contributed by atoms with E-state index in [0.29, 0.717) is 0 Å². The highest BCUT2D eigenvalue weighted by Crippen LogP contribution is 2.36. The van der Waals surface area contributed by atoms with Gasteiger partial charge in [0, 0.05) is 17.5 Å². The summed E-state index contributed by atoms with van der Waals surface area (Å²) < 4.78 is 0. The molecule has 3 N–H and O–H groups in total. The van der Waals surface area contributed by atoms with E-state index in [-0.39, 0.29) is 18.0 Å². The molecule has 0 radical (unpaired) electrons. The molecule has 4 rings (SSSR count).